The molecule has 1 saturated heterocycles. The number of carbonyl (C=O) groups is 2. The van der Waals surface area contributed by atoms with E-state index in [0.29, 0.717) is 30.2 Å². The molecule has 1 atom stereocenters. The summed E-state index contributed by atoms with van der Waals surface area (Å²) in [6.45, 7) is 2.79. The van der Waals surface area contributed by atoms with Crippen LogP contribution in [0, 0.1) is 5.92 Å². The van der Waals surface area contributed by atoms with Crippen molar-refractivity contribution in [2.24, 2.45) is 11.0 Å². The largest absolute Gasteiger partial charge is 0.497 e. The van der Waals surface area contributed by atoms with Gasteiger partial charge in [0.15, 0.2) is 0 Å². The lowest BCUT2D eigenvalue weighted by Gasteiger charge is -2.17. The van der Waals surface area contributed by atoms with Gasteiger partial charge in [0.05, 0.1) is 33.0 Å². The van der Waals surface area contributed by atoms with Crippen LogP contribution in [0.1, 0.15) is 18.9 Å². The highest BCUT2D eigenvalue weighted by molar-refractivity contribution is 6.00. The van der Waals surface area contributed by atoms with Crippen molar-refractivity contribution in [2.75, 3.05) is 32.3 Å². The summed E-state index contributed by atoms with van der Waals surface area (Å²) in [4.78, 5) is 26.5. The van der Waals surface area contributed by atoms with Gasteiger partial charge in [0.1, 0.15) is 17.2 Å². The van der Waals surface area contributed by atoms with Gasteiger partial charge in [-0.3, -0.25) is 9.59 Å². The predicted molar refractivity (Wildman–Crippen MR) is 113 cm³/mol. The molecule has 0 aromatic heterocycles. The summed E-state index contributed by atoms with van der Waals surface area (Å²) in [5.41, 5.74) is 3.92. The zero-order valence-corrected chi connectivity index (χ0v) is 17.3. The Morgan fingerprint density at radius 2 is 1.90 bits per heavy atom. The van der Waals surface area contributed by atoms with Crippen molar-refractivity contribution in [1.82, 2.24) is 5.43 Å². The summed E-state index contributed by atoms with van der Waals surface area (Å²) in [5.74, 6) is 1.10. The Morgan fingerprint density at radius 3 is 2.57 bits per heavy atom. The first kappa shape index (κ1) is 21.2. The van der Waals surface area contributed by atoms with Gasteiger partial charge in [0.25, 0.3) is 0 Å². The second-order valence-electron chi connectivity index (χ2n) is 6.67. The molecule has 2 aromatic rings. The van der Waals surface area contributed by atoms with Crippen LogP contribution in [0.15, 0.2) is 47.6 Å². The quantitative estimate of drug-likeness (QED) is 0.533. The SMILES string of the molecule is CCOc1ccc(N2C[C@@H](C(=O)N/N=C\c3cc(OC)ccc3OC)CC2=O)cc1. The third-order valence-corrected chi connectivity index (χ3v) is 4.77. The maximum Gasteiger partial charge on any atom is 0.245 e. The second-order valence-corrected chi connectivity index (χ2v) is 6.67. The number of hydrazone groups is 1. The molecule has 8 heteroatoms. The maximum absolute atomic E-state index is 12.5. The number of methoxy groups -OCH3 is 2. The molecule has 1 N–H and O–H groups in total. The summed E-state index contributed by atoms with van der Waals surface area (Å²) in [5, 5.41) is 4.02. The highest BCUT2D eigenvalue weighted by Crippen LogP contribution is 2.27. The zero-order valence-electron chi connectivity index (χ0n) is 17.3. The molecular weight excluding hydrogens is 386 g/mol. The molecule has 1 heterocycles. The Labute approximate surface area is 175 Å². The fourth-order valence-corrected chi connectivity index (χ4v) is 3.22. The Kier molecular flexibility index (Phi) is 6.90. The first-order valence-electron chi connectivity index (χ1n) is 9.63. The molecule has 1 aliphatic heterocycles. The van der Waals surface area contributed by atoms with Gasteiger partial charge in [0, 0.05) is 24.2 Å². The van der Waals surface area contributed by atoms with E-state index in [4.69, 9.17) is 14.2 Å². The van der Waals surface area contributed by atoms with E-state index in [2.05, 4.69) is 10.5 Å². The van der Waals surface area contributed by atoms with Gasteiger partial charge < -0.3 is 19.1 Å². The number of rotatable bonds is 8. The molecule has 1 aliphatic rings. The van der Waals surface area contributed by atoms with E-state index in [-0.39, 0.29) is 18.2 Å². The van der Waals surface area contributed by atoms with Crippen LogP contribution in [0.3, 0.4) is 0 Å². The van der Waals surface area contributed by atoms with E-state index >= 15 is 0 Å². The molecule has 2 aromatic carbocycles. The molecule has 2 amide bonds. The number of nitrogens with zero attached hydrogens (tertiary/aromatic N) is 2. The third-order valence-electron chi connectivity index (χ3n) is 4.77. The molecule has 8 nitrogen and oxygen atoms in total. The standard InChI is InChI=1S/C22H25N3O5/c1-4-30-18-7-5-17(6-8-18)25-14-16(12-21(25)26)22(27)24-23-13-15-11-19(28-2)9-10-20(15)29-3/h5-11,13,16H,4,12,14H2,1-3H3,(H,24,27)/b23-13-/t16-/m0/s1. The number of anilines is 1. The van der Waals surface area contributed by atoms with Gasteiger partial charge in [0.2, 0.25) is 11.8 Å². The van der Waals surface area contributed by atoms with Crippen LogP contribution in [0.4, 0.5) is 5.69 Å². The Bertz CT molecular complexity index is 927. The molecule has 0 aliphatic carbocycles. The topological polar surface area (TPSA) is 89.5 Å². The average molecular weight is 411 g/mol. The monoisotopic (exact) mass is 411 g/mol. The lowest BCUT2D eigenvalue weighted by molar-refractivity contribution is -0.126. The number of hydrogen-bond donors (Lipinski definition) is 1. The molecule has 0 saturated carbocycles. The van der Waals surface area contributed by atoms with Gasteiger partial charge in [-0.15, -0.1) is 0 Å². The Morgan fingerprint density at radius 1 is 1.17 bits per heavy atom. The van der Waals surface area contributed by atoms with E-state index < -0.39 is 5.92 Å². The third kappa shape index (κ3) is 4.89. The number of hydrogen-bond acceptors (Lipinski definition) is 6. The van der Waals surface area contributed by atoms with Crippen LogP contribution in [0.25, 0.3) is 0 Å². The first-order valence-corrected chi connectivity index (χ1v) is 9.63. The number of ether oxygens (including phenoxy) is 3. The van der Waals surface area contributed by atoms with Crippen molar-refractivity contribution in [3.05, 3.63) is 48.0 Å². The summed E-state index contributed by atoms with van der Waals surface area (Å²) in [7, 11) is 3.12. The smallest absolute Gasteiger partial charge is 0.245 e. The minimum atomic E-state index is -0.478. The zero-order chi connectivity index (χ0) is 21.5. The van der Waals surface area contributed by atoms with E-state index in [1.54, 1.807) is 37.3 Å². The normalized spacial score (nSPS) is 16.0. The van der Waals surface area contributed by atoms with Crippen LogP contribution in [-0.2, 0) is 9.59 Å². The summed E-state index contributed by atoms with van der Waals surface area (Å²) < 4.78 is 15.9. The second kappa shape index (κ2) is 9.78. The highest BCUT2D eigenvalue weighted by atomic mass is 16.5. The van der Waals surface area contributed by atoms with E-state index in [1.807, 2.05) is 31.2 Å². The number of amides is 2. The highest BCUT2D eigenvalue weighted by Gasteiger charge is 2.35. The van der Waals surface area contributed by atoms with Crippen LogP contribution in [0.5, 0.6) is 17.2 Å². The molecule has 0 radical (unpaired) electrons. The molecule has 1 fully saturated rings. The lowest BCUT2D eigenvalue weighted by Crippen LogP contribution is -2.30. The van der Waals surface area contributed by atoms with E-state index in [1.165, 1.54) is 6.21 Å². The van der Waals surface area contributed by atoms with E-state index in [0.717, 1.165) is 11.4 Å². The van der Waals surface area contributed by atoms with Crippen molar-refractivity contribution < 1.29 is 23.8 Å². The van der Waals surface area contributed by atoms with Gasteiger partial charge in [-0.2, -0.15) is 5.10 Å². The number of benzene rings is 2. The van der Waals surface area contributed by atoms with E-state index in [9.17, 15) is 9.59 Å². The molecule has 0 bridgehead atoms. The first-order chi connectivity index (χ1) is 14.5. The fourth-order valence-electron chi connectivity index (χ4n) is 3.22. The summed E-state index contributed by atoms with van der Waals surface area (Å²) in [6.07, 6.45) is 1.62. The number of carbonyl (C=O) groups excluding carboxylic acids is 2. The molecular formula is C22H25N3O5. The van der Waals surface area contributed by atoms with Gasteiger partial charge >= 0.3 is 0 Å². The van der Waals surface area contributed by atoms with Crippen LogP contribution < -0.4 is 24.5 Å². The average Bonchev–Trinajstić information content (AvgIpc) is 3.16. The lowest BCUT2D eigenvalue weighted by atomic mass is 10.1. The molecule has 3 rings (SSSR count). The van der Waals surface area contributed by atoms with Crippen LogP contribution >= 0.6 is 0 Å². The van der Waals surface area contributed by atoms with Crippen molar-refractivity contribution in [3.63, 3.8) is 0 Å². The fraction of sp³-hybridized carbons (Fsp3) is 0.318. The molecule has 158 valence electrons. The van der Waals surface area contributed by atoms with Crippen molar-refractivity contribution >= 4 is 23.7 Å². The molecule has 0 spiro atoms. The Balaban J connectivity index is 1.61. The van der Waals surface area contributed by atoms with Gasteiger partial charge in [-0.1, -0.05) is 0 Å². The van der Waals surface area contributed by atoms with Crippen molar-refractivity contribution in [1.29, 1.82) is 0 Å². The minimum absolute atomic E-state index is 0.0993. The molecule has 0 unspecified atom stereocenters. The number of nitrogens with one attached hydrogen (secondary N) is 1. The summed E-state index contributed by atoms with van der Waals surface area (Å²) >= 11 is 0. The van der Waals surface area contributed by atoms with Crippen LogP contribution in [-0.4, -0.2) is 45.4 Å². The van der Waals surface area contributed by atoms with Crippen molar-refractivity contribution in [3.8, 4) is 17.2 Å². The Hall–Kier alpha value is -3.55. The van der Waals surface area contributed by atoms with Crippen LogP contribution in [0.2, 0.25) is 0 Å². The minimum Gasteiger partial charge on any atom is -0.497 e. The van der Waals surface area contributed by atoms with Gasteiger partial charge in [-0.05, 0) is 49.4 Å². The molecule has 30 heavy (non-hydrogen) atoms. The van der Waals surface area contributed by atoms with Crippen molar-refractivity contribution in [2.45, 2.75) is 13.3 Å². The van der Waals surface area contributed by atoms with Gasteiger partial charge in [-0.25, -0.2) is 5.43 Å². The predicted octanol–water partition coefficient (Wildman–Crippen LogP) is 2.61. The maximum atomic E-state index is 12.5. The summed E-state index contributed by atoms with van der Waals surface area (Å²) in [6, 6.07) is 12.5.